The standard InChI is InChI=1S/C64H68N4O2/c1-8-64(6,7)70-56-27-16-23-50(41-56)52-33-35-60-58(43-52)57-42-51(49-22-15-26-55(40-49)69-37-12-10-9-11-18-44(2)3)32-34-59(57)68(60)36-17-21-47-28-30-48(31-29-47)61-65-62(53-24-13-19-45(4)38-53)67-63(66-61)54-25-14-20-46(5)39-54/h13-16,19-20,22-35,38-44H,8-12,17-18,21,36-37H2,1-7H3. The predicted molar refractivity (Wildman–Crippen MR) is 293 cm³/mol. The average molecular weight is 925 g/mol. The number of unbranched alkanes of at least 4 members (excludes halogenated alkanes) is 3. The molecule has 0 saturated heterocycles. The number of nitrogens with zero attached hydrogens (tertiary/aromatic N) is 4. The lowest BCUT2D eigenvalue weighted by Gasteiger charge is -2.25. The van der Waals surface area contributed by atoms with Gasteiger partial charge in [-0.25, -0.2) is 15.0 Å². The van der Waals surface area contributed by atoms with Crippen LogP contribution in [0.15, 0.2) is 158 Å². The molecule has 0 aliphatic rings. The van der Waals surface area contributed by atoms with E-state index in [2.05, 4.69) is 211 Å². The summed E-state index contributed by atoms with van der Waals surface area (Å²) >= 11 is 0. The Hall–Kier alpha value is -7.05. The molecule has 0 amide bonds. The Balaban J connectivity index is 0.980. The second kappa shape index (κ2) is 21.7. The van der Waals surface area contributed by atoms with Gasteiger partial charge in [-0.3, -0.25) is 0 Å². The maximum absolute atomic E-state index is 6.44. The smallest absolute Gasteiger partial charge is 0.164 e. The Bertz CT molecular complexity index is 3150. The molecular weight excluding hydrogens is 857 g/mol. The van der Waals surface area contributed by atoms with E-state index in [1.165, 1.54) is 75.3 Å². The summed E-state index contributed by atoms with van der Waals surface area (Å²) in [6.07, 6.45) is 9.01. The van der Waals surface area contributed by atoms with Gasteiger partial charge in [0, 0.05) is 45.0 Å². The second-order valence-electron chi connectivity index (χ2n) is 20.2. The summed E-state index contributed by atoms with van der Waals surface area (Å²) in [6.45, 7) is 16.9. The average Bonchev–Trinajstić information content (AvgIpc) is 3.68. The highest BCUT2D eigenvalue weighted by Gasteiger charge is 2.19. The molecule has 0 aliphatic heterocycles. The van der Waals surface area contributed by atoms with E-state index in [1.54, 1.807) is 0 Å². The van der Waals surface area contributed by atoms with Crippen molar-refractivity contribution in [1.82, 2.24) is 19.5 Å². The zero-order chi connectivity index (χ0) is 48.6. The van der Waals surface area contributed by atoms with Gasteiger partial charge in [-0.05, 0) is 148 Å². The van der Waals surface area contributed by atoms with Crippen molar-refractivity contribution in [3.05, 3.63) is 174 Å². The molecule has 6 heteroatoms. The normalized spacial score (nSPS) is 11.8. The molecule has 2 aromatic heterocycles. The fraction of sp³-hybridized carbons (Fsp3) is 0.297. The molecule has 7 aromatic carbocycles. The molecule has 9 aromatic rings. The van der Waals surface area contributed by atoms with Crippen LogP contribution in [0, 0.1) is 19.8 Å². The van der Waals surface area contributed by atoms with Crippen molar-refractivity contribution in [1.29, 1.82) is 0 Å². The number of aromatic nitrogens is 4. The third kappa shape index (κ3) is 11.7. The van der Waals surface area contributed by atoms with Gasteiger partial charge in [0.1, 0.15) is 17.1 Å². The molecule has 0 bridgehead atoms. The van der Waals surface area contributed by atoms with Crippen LogP contribution in [0.5, 0.6) is 11.5 Å². The molecule has 2 heterocycles. The van der Waals surface area contributed by atoms with Gasteiger partial charge < -0.3 is 14.0 Å². The Morgan fingerprint density at radius 2 is 1.00 bits per heavy atom. The Morgan fingerprint density at radius 1 is 0.500 bits per heavy atom. The van der Waals surface area contributed by atoms with E-state index in [1.807, 2.05) is 0 Å². The second-order valence-corrected chi connectivity index (χ2v) is 20.2. The molecule has 9 rings (SSSR count). The summed E-state index contributed by atoms with van der Waals surface area (Å²) < 4.78 is 15.3. The fourth-order valence-electron chi connectivity index (χ4n) is 9.39. The first-order valence-corrected chi connectivity index (χ1v) is 25.6. The van der Waals surface area contributed by atoms with Gasteiger partial charge in [0.2, 0.25) is 0 Å². The van der Waals surface area contributed by atoms with Crippen LogP contribution in [0.25, 0.3) is 78.2 Å². The van der Waals surface area contributed by atoms with Gasteiger partial charge in [-0.2, -0.15) is 0 Å². The zero-order valence-electron chi connectivity index (χ0n) is 42.3. The van der Waals surface area contributed by atoms with Crippen LogP contribution >= 0.6 is 0 Å². The number of ether oxygens (including phenoxy) is 2. The minimum Gasteiger partial charge on any atom is -0.494 e. The van der Waals surface area contributed by atoms with Gasteiger partial charge in [-0.15, -0.1) is 0 Å². The highest BCUT2D eigenvalue weighted by molar-refractivity contribution is 6.10. The summed E-state index contributed by atoms with van der Waals surface area (Å²) in [6, 6.07) is 56.5. The Morgan fingerprint density at radius 3 is 1.57 bits per heavy atom. The van der Waals surface area contributed by atoms with E-state index in [0.29, 0.717) is 17.5 Å². The van der Waals surface area contributed by atoms with Crippen LogP contribution in [-0.4, -0.2) is 31.7 Å². The summed E-state index contributed by atoms with van der Waals surface area (Å²) in [5.41, 5.74) is 13.4. The number of hydrogen-bond acceptors (Lipinski definition) is 5. The maximum Gasteiger partial charge on any atom is 0.164 e. The van der Waals surface area contributed by atoms with Crippen molar-refractivity contribution in [3.63, 3.8) is 0 Å². The molecule has 0 spiro atoms. The SMILES string of the molecule is CCC(C)(C)Oc1cccc(-c2ccc3c(c2)c2cc(-c4cccc(OCCCCCCC(C)C)c4)ccc2n3CCCc2ccc(-c3nc(-c4cccc(C)c4)nc(-c4cccc(C)c4)n3)cc2)c1. The minimum absolute atomic E-state index is 0.240. The molecule has 0 unspecified atom stereocenters. The van der Waals surface area contributed by atoms with Crippen LogP contribution in [0.2, 0.25) is 0 Å². The summed E-state index contributed by atoms with van der Waals surface area (Å²) in [7, 11) is 0. The lowest BCUT2D eigenvalue weighted by Crippen LogP contribution is -2.26. The lowest BCUT2D eigenvalue weighted by atomic mass is 10.00. The van der Waals surface area contributed by atoms with Gasteiger partial charge in [0.25, 0.3) is 0 Å². The first-order chi connectivity index (χ1) is 34.0. The Kier molecular flexibility index (Phi) is 14.9. The van der Waals surface area contributed by atoms with E-state index in [9.17, 15) is 0 Å². The number of benzene rings is 7. The van der Waals surface area contributed by atoms with Gasteiger partial charge in [-0.1, -0.05) is 155 Å². The van der Waals surface area contributed by atoms with Crippen molar-refractivity contribution >= 4 is 21.8 Å². The fourth-order valence-corrected chi connectivity index (χ4v) is 9.39. The number of rotatable bonds is 20. The van der Waals surface area contributed by atoms with Crippen LogP contribution in [0.1, 0.15) is 96.3 Å². The van der Waals surface area contributed by atoms with Gasteiger partial charge in [0.05, 0.1) is 6.61 Å². The number of hydrogen-bond donors (Lipinski definition) is 0. The Labute approximate surface area is 415 Å². The lowest BCUT2D eigenvalue weighted by molar-refractivity contribution is 0.105. The topological polar surface area (TPSA) is 62.1 Å². The molecule has 0 saturated carbocycles. The summed E-state index contributed by atoms with van der Waals surface area (Å²) in [5.74, 6) is 4.62. The van der Waals surface area contributed by atoms with E-state index < -0.39 is 0 Å². The molecular formula is C64H68N4O2. The van der Waals surface area contributed by atoms with E-state index >= 15 is 0 Å². The number of fused-ring (bicyclic) bond motifs is 3. The maximum atomic E-state index is 6.44. The monoisotopic (exact) mass is 925 g/mol. The van der Waals surface area contributed by atoms with Crippen LogP contribution < -0.4 is 9.47 Å². The third-order valence-electron chi connectivity index (χ3n) is 13.6. The van der Waals surface area contributed by atoms with Crippen molar-refractivity contribution in [2.75, 3.05) is 6.61 Å². The van der Waals surface area contributed by atoms with Crippen molar-refractivity contribution in [2.24, 2.45) is 5.92 Å². The van der Waals surface area contributed by atoms with E-state index in [0.717, 1.165) is 84.1 Å². The first kappa shape index (κ1) is 48.0. The van der Waals surface area contributed by atoms with E-state index in [4.69, 9.17) is 24.4 Å². The predicted octanol–water partition coefficient (Wildman–Crippen LogP) is 17.1. The molecule has 0 radical (unpaired) electrons. The van der Waals surface area contributed by atoms with E-state index in [-0.39, 0.29) is 5.60 Å². The van der Waals surface area contributed by atoms with Crippen molar-refractivity contribution in [2.45, 2.75) is 112 Å². The molecule has 6 nitrogen and oxygen atoms in total. The quantitative estimate of drug-likeness (QED) is 0.0713. The third-order valence-corrected chi connectivity index (χ3v) is 13.6. The molecule has 0 fully saturated rings. The van der Waals surface area contributed by atoms with Crippen molar-refractivity contribution in [3.8, 4) is 67.9 Å². The van der Waals surface area contributed by atoms with Crippen LogP contribution in [-0.2, 0) is 13.0 Å². The largest absolute Gasteiger partial charge is 0.494 e. The first-order valence-electron chi connectivity index (χ1n) is 25.6. The molecule has 70 heavy (non-hydrogen) atoms. The molecule has 0 atom stereocenters. The van der Waals surface area contributed by atoms with Gasteiger partial charge in [0.15, 0.2) is 17.5 Å². The van der Waals surface area contributed by atoms with Crippen molar-refractivity contribution < 1.29 is 9.47 Å². The molecule has 0 aliphatic carbocycles. The highest BCUT2D eigenvalue weighted by atomic mass is 16.5. The number of aryl methyl sites for hydroxylation is 4. The highest BCUT2D eigenvalue weighted by Crippen LogP contribution is 2.37. The summed E-state index contributed by atoms with van der Waals surface area (Å²) in [4.78, 5) is 15.0. The molecule has 356 valence electrons. The van der Waals surface area contributed by atoms with Crippen LogP contribution in [0.4, 0.5) is 0 Å². The zero-order valence-corrected chi connectivity index (χ0v) is 42.3. The van der Waals surface area contributed by atoms with Gasteiger partial charge >= 0.3 is 0 Å². The minimum atomic E-state index is -0.240. The molecule has 0 N–H and O–H groups in total. The summed E-state index contributed by atoms with van der Waals surface area (Å²) in [5, 5.41) is 2.49. The van der Waals surface area contributed by atoms with Crippen LogP contribution in [0.3, 0.4) is 0 Å².